The predicted octanol–water partition coefficient (Wildman–Crippen LogP) is -0.715. The molecule has 108 valence electrons. The van der Waals surface area contributed by atoms with Gasteiger partial charge in [0.2, 0.25) is 11.8 Å². The Bertz CT molecular complexity index is 362. The summed E-state index contributed by atoms with van der Waals surface area (Å²) in [7, 11) is 3.52. The fourth-order valence-corrected chi connectivity index (χ4v) is 1.99. The third-order valence-corrected chi connectivity index (χ3v) is 3.43. The highest BCUT2D eigenvalue weighted by Gasteiger charge is 2.21. The lowest BCUT2D eigenvalue weighted by atomic mass is 10.3. The number of carbonyl (C=O) groups is 2. The molecule has 2 N–H and O–H groups in total. The van der Waals surface area contributed by atoms with Crippen molar-refractivity contribution in [1.29, 1.82) is 0 Å². The first-order chi connectivity index (χ1) is 8.90. The average molecular weight is 286 g/mol. The molecule has 0 atom stereocenters. The van der Waals surface area contributed by atoms with Crippen LogP contribution in [0.15, 0.2) is 0 Å². The zero-order valence-corrected chi connectivity index (χ0v) is 12.4. The second-order valence-electron chi connectivity index (χ2n) is 4.91. The minimum Gasteiger partial charge on any atom is -0.393 e. The van der Waals surface area contributed by atoms with Gasteiger partial charge in [-0.15, -0.1) is 0 Å². The van der Waals surface area contributed by atoms with Crippen LogP contribution >= 0.6 is 12.2 Å². The van der Waals surface area contributed by atoms with E-state index in [1.165, 1.54) is 0 Å². The Morgan fingerprint density at radius 3 is 2.79 bits per heavy atom. The molecule has 1 aliphatic heterocycles. The van der Waals surface area contributed by atoms with Crippen LogP contribution in [0.5, 0.6) is 0 Å². The topological polar surface area (TPSA) is 69.9 Å². The predicted molar refractivity (Wildman–Crippen MR) is 77.7 cm³/mol. The summed E-state index contributed by atoms with van der Waals surface area (Å²) in [5.74, 6) is 0.0599. The van der Waals surface area contributed by atoms with Crippen LogP contribution in [0, 0.1) is 0 Å². The molecule has 0 aromatic carbocycles. The van der Waals surface area contributed by atoms with E-state index in [0.717, 1.165) is 19.5 Å². The van der Waals surface area contributed by atoms with Gasteiger partial charge < -0.3 is 15.5 Å². The van der Waals surface area contributed by atoms with E-state index in [1.54, 1.807) is 23.9 Å². The molecule has 0 radical (unpaired) electrons. The molecule has 0 unspecified atom stereocenters. The number of carbonyl (C=O) groups excluding carboxylic acids is 2. The molecule has 0 aliphatic carbocycles. The number of rotatable bonds is 5. The van der Waals surface area contributed by atoms with Crippen LogP contribution in [-0.2, 0) is 9.59 Å². The van der Waals surface area contributed by atoms with Crippen LogP contribution in [-0.4, -0.2) is 78.3 Å². The Kier molecular flexibility index (Phi) is 6.17. The van der Waals surface area contributed by atoms with Crippen molar-refractivity contribution in [2.24, 2.45) is 5.73 Å². The molecular formula is C12H22N4O2S. The Morgan fingerprint density at radius 1 is 1.47 bits per heavy atom. The molecule has 1 heterocycles. The summed E-state index contributed by atoms with van der Waals surface area (Å²) in [6.45, 7) is 2.63. The van der Waals surface area contributed by atoms with Crippen molar-refractivity contribution >= 4 is 29.0 Å². The van der Waals surface area contributed by atoms with Crippen LogP contribution in [0.1, 0.15) is 12.8 Å². The molecule has 1 rings (SSSR count). The van der Waals surface area contributed by atoms with E-state index in [9.17, 15) is 9.59 Å². The van der Waals surface area contributed by atoms with Gasteiger partial charge in [-0.25, -0.2) is 0 Å². The van der Waals surface area contributed by atoms with Gasteiger partial charge in [-0.1, -0.05) is 12.2 Å². The summed E-state index contributed by atoms with van der Waals surface area (Å²) >= 11 is 4.79. The monoisotopic (exact) mass is 286 g/mol. The van der Waals surface area contributed by atoms with E-state index in [2.05, 4.69) is 0 Å². The standard InChI is InChI=1S/C12H22N4O2S/c1-14-5-3-6-16(8-11(14)17)9-12(18)15(2)7-4-10(13)19/h3-9H2,1-2H3,(H2,13,19). The molecule has 1 saturated heterocycles. The molecule has 0 bridgehead atoms. The maximum Gasteiger partial charge on any atom is 0.236 e. The molecule has 0 aromatic heterocycles. The van der Waals surface area contributed by atoms with Crippen molar-refractivity contribution in [3.63, 3.8) is 0 Å². The minimum absolute atomic E-state index is 0.00592. The van der Waals surface area contributed by atoms with Crippen LogP contribution in [0.2, 0.25) is 0 Å². The van der Waals surface area contributed by atoms with E-state index in [4.69, 9.17) is 18.0 Å². The third-order valence-electron chi connectivity index (χ3n) is 3.23. The van der Waals surface area contributed by atoms with Gasteiger partial charge in [0.1, 0.15) is 0 Å². The van der Waals surface area contributed by atoms with Crippen molar-refractivity contribution in [1.82, 2.24) is 14.7 Å². The van der Waals surface area contributed by atoms with Gasteiger partial charge in [0, 0.05) is 40.2 Å². The van der Waals surface area contributed by atoms with Gasteiger partial charge in [-0.05, 0) is 6.42 Å². The Hall–Kier alpha value is -1.21. The number of nitrogens with two attached hydrogens (primary N) is 1. The van der Waals surface area contributed by atoms with E-state index in [-0.39, 0.29) is 18.4 Å². The van der Waals surface area contributed by atoms with Crippen LogP contribution < -0.4 is 5.73 Å². The van der Waals surface area contributed by atoms with Crippen LogP contribution in [0.3, 0.4) is 0 Å². The van der Waals surface area contributed by atoms with E-state index in [0.29, 0.717) is 24.5 Å². The fourth-order valence-electron chi connectivity index (χ4n) is 1.90. The Balaban J connectivity index is 2.42. The number of hydrogen-bond donors (Lipinski definition) is 1. The van der Waals surface area contributed by atoms with Gasteiger partial charge in [0.15, 0.2) is 0 Å². The zero-order valence-electron chi connectivity index (χ0n) is 11.6. The molecule has 0 spiro atoms. The van der Waals surface area contributed by atoms with Crippen molar-refractivity contribution in [3.8, 4) is 0 Å². The quantitative estimate of drug-likeness (QED) is 0.676. The smallest absolute Gasteiger partial charge is 0.236 e. The van der Waals surface area contributed by atoms with Crippen LogP contribution in [0.4, 0.5) is 0 Å². The molecule has 6 nitrogen and oxygen atoms in total. The van der Waals surface area contributed by atoms with Gasteiger partial charge in [0.25, 0.3) is 0 Å². The SMILES string of the molecule is CN1CCCN(CC(=O)N(C)CCC(N)=S)CC1=O. The normalized spacial score (nSPS) is 17.2. The summed E-state index contributed by atoms with van der Waals surface area (Å²) < 4.78 is 0. The number of hydrogen-bond acceptors (Lipinski definition) is 4. The fraction of sp³-hybridized carbons (Fsp3) is 0.750. The molecule has 0 saturated carbocycles. The number of nitrogens with zero attached hydrogens (tertiary/aromatic N) is 3. The first-order valence-electron chi connectivity index (χ1n) is 6.38. The van der Waals surface area contributed by atoms with Crippen molar-refractivity contribution < 1.29 is 9.59 Å². The molecule has 1 aliphatic rings. The number of thiocarbonyl (C=S) groups is 1. The van der Waals surface area contributed by atoms with Crippen molar-refractivity contribution in [3.05, 3.63) is 0 Å². The Morgan fingerprint density at radius 2 is 2.16 bits per heavy atom. The lowest BCUT2D eigenvalue weighted by Crippen LogP contribution is -2.42. The summed E-state index contributed by atoms with van der Waals surface area (Å²) in [6, 6.07) is 0. The van der Waals surface area contributed by atoms with Crippen LogP contribution in [0.25, 0.3) is 0 Å². The summed E-state index contributed by atoms with van der Waals surface area (Å²) in [5.41, 5.74) is 5.41. The highest BCUT2D eigenvalue weighted by molar-refractivity contribution is 7.80. The number of amides is 2. The summed E-state index contributed by atoms with van der Waals surface area (Å²) in [5, 5.41) is 0. The minimum atomic E-state index is -0.00592. The zero-order chi connectivity index (χ0) is 14.4. The lowest BCUT2D eigenvalue weighted by molar-refractivity contribution is -0.133. The maximum atomic E-state index is 12.0. The lowest BCUT2D eigenvalue weighted by Gasteiger charge is -2.23. The summed E-state index contributed by atoms with van der Waals surface area (Å²) in [6.07, 6.45) is 1.42. The Labute approximate surface area is 119 Å². The van der Waals surface area contributed by atoms with E-state index in [1.807, 2.05) is 4.90 Å². The van der Waals surface area contributed by atoms with Crippen molar-refractivity contribution in [2.75, 3.05) is 46.8 Å². The molecule has 7 heteroatoms. The van der Waals surface area contributed by atoms with Gasteiger partial charge in [0.05, 0.1) is 18.1 Å². The highest BCUT2D eigenvalue weighted by atomic mass is 32.1. The largest absolute Gasteiger partial charge is 0.393 e. The molecule has 0 aromatic rings. The second kappa shape index (κ2) is 7.40. The highest BCUT2D eigenvalue weighted by Crippen LogP contribution is 2.03. The maximum absolute atomic E-state index is 12.0. The second-order valence-corrected chi connectivity index (χ2v) is 5.44. The molecular weight excluding hydrogens is 264 g/mol. The molecule has 19 heavy (non-hydrogen) atoms. The van der Waals surface area contributed by atoms with Gasteiger partial charge in [-0.3, -0.25) is 14.5 Å². The van der Waals surface area contributed by atoms with Crippen molar-refractivity contribution in [2.45, 2.75) is 12.8 Å². The van der Waals surface area contributed by atoms with E-state index >= 15 is 0 Å². The summed E-state index contributed by atoms with van der Waals surface area (Å²) in [4.78, 5) is 29.3. The first-order valence-corrected chi connectivity index (χ1v) is 6.79. The first kappa shape index (κ1) is 15.8. The van der Waals surface area contributed by atoms with E-state index < -0.39 is 0 Å². The third kappa shape index (κ3) is 5.52. The average Bonchev–Trinajstić information content (AvgIpc) is 2.49. The molecule has 1 fully saturated rings. The van der Waals surface area contributed by atoms with Gasteiger partial charge >= 0.3 is 0 Å². The number of likely N-dealkylation sites (N-methyl/N-ethyl adjacent to an activating group) is 2. The van der Waals surface area contributed by atoms with Gasteiger partial charge in [-0.2, -0.15) is 0 Å². The molecule has 2 amide bonds.